The second-order valence-corrected chi connectivity index (χ2v) is 6.70. The van der Waals surface area contributed by atoms with Crippen molar-refractivity contribution in [3.05, 3.63) is 59.7 Å². The molecule has 0 bridgehead atoms. The topological polar surface area (TPSA) is 128 Å². The number of aromatic carboxylic acids is 1. The van der Waals surface area contributed by atoms with Crippen LogP contribution in [0.25, 0.3) is 0 Å². The number of benzene rings is 2. The molecule has 30 heavy (non-hydrogen) atoms. The number of carboxylic acids is 1. The lowest BCUT2D eigenvalue weighted by atomic mass is 10.1. The summed E-state index contributed by atoms with van der Waals surface area (Å²) in [7, 11) is 0. The van der Waals surface area contributed by atoms with E-state index in [0.717, 1.165) is 12.8 Å². The fourth-order valence-corrected chi connectivity index (χ4v) is 2.70. The van der Waals surface area contributed by atoms with E-state index in [1.165, 1.54) is 24.4 Å². The maximum atomic E-state index is 11.9. The van der Waals surface area contributed by atoms with E-state index in [-0.39, 0.29) is 23.1 Å². The number of para-hydroxylation sites is 2. The summed E-state index contributed by atoms with van der Waals surface area (Å²) in [5.41, 5.74) is 3.55. The first-order valence-corrected chi connectivity index (χ1v) is 9.69. The Morgan fingerprint density at radius 1 is 0.900 bits per heavy atom. The molecule has 0 saturated carbocycles. The van der Waals surface area contributed by atoms with Crippen molar-refractivity contribution in [1.29, 1.82) is 0 Å². The molecule has 0 heterocycles. The molecule has 2 rings (SSSR count). The van der Waals surface area contributed by atoms with Gasteiger partial charge in [0.05, 0.1) is 17.5 Å². The molecule has 0 atom stereocenters. The minimum Gasteiger partial charge on any atom is -0.506 e. The van der Waals surface area contributed by atoms with E-state index in [9.17, 15) is 19.5 Å². The van der Waals surface area contributed by atoms with Gasteiger partial charge in [-0.2, -0.15) is 5.10 Å². The minimum atomic E-state index is -1.02. The molecule has 0 aliphatic rings. The Bertz CT molecular complexity index is 911. The van der Waals surface area contributed by atoms with Gasteiger partial charge in [-0.3, -0.25) is 9.59 Å². The molecule has 4 N–H and O–H groups in total. The highest BCUT2D eigenvalue weighted by atomic mass is 16.4. The number of hydrogen-bond donors (Lipinski definition) is 4. The van der Waals surface area contributed by atoms with Gasteiger partial charge in [0, 0.05) is 12.8 Å². The second-order valence-electron chi connectivity index (χ2n) is 6.70. The van der Waals surface area contributed by atoms with Gasteiger partial charge in [0.1, 0.15) is 5.75 Å². The van der Waals surface area contributed by atoms with Gasteiger partial charge in [-0.1, -0.05) is 37.1 Å². The number of nitrogens with zero attached hydrogens (tertiary/aromatic N) is 1. The average molecular weight is 411 g/mol. The highest BCUT2D eigenvalue weighted by molar-refractivity contribution is 5.92. The maximum Gasteiger partial charge on any atom is 0.335 e. The van der Waals surface area contributed by atoms with Crippen LogP contribution in [0.15, 0.2) is 53.6 Å². The fraction of sp³-hybridized carbons (Fsp3) is 0.273. The third-order valence-electron chi connectivity index (χ3n) is 4.27. The van der Waals surface area contributed by atoms with E-state index in [4.69, 9.17) is 5.11 Å². The van der Waals surface area contributed by atoms with Crippen LogP contribution in [0.5, 0.6) is 5.75 Å². The van der Waals surface area contributed by atoms with Crippen molar-refractivity contribution in [3.8, 4) is 5.75 Å². The Balaban J connectivity index is 1.57. The van der Waals surface area contributed by atoms with Crippen LogP contribution < -0.4 is 10.7 Å². The number of carbonyl (C=O) groups excluding carboxylic acids is 2. The van der Waals surface area contributed by atoms with Crippen molar-refractivity contribution in [1.82, 2.24) is 5.43 Å². The van der Waals surface area contributed by atoms with Crippen LogP contribution in [0, 0.1) is 0 Å². The van der Waals surface area contributed by atoms with E-state index in [1.807, 2.05) is 0 Å². The predicted molar refractivity (Wildman–Crippen MR) is 114 cm³/mol. The molecule has 0 aliphatic carbocycles. The molecule has 0 saturated heterocycles. The predicted octanol–water partition coefficient (Wildman–Crippen LogP) is 3.52. The van der Waals surface area contributed by atoms with Crippen molar-refractivity contribution < 1.29 is 24.6 Å². The van der Waals surface area contributed by atoms with Crippen molar-refractivity contribution in [2.75, 3.05) is 5.32 Å². The van der Waals surface area contributed by atoms with E-state index in [0.29, 0.717) is 36.9 Å². The van der Waals surface area contributed by atoms with Crippen LogP contribution in [0.4, 0.5) is 5.69 Å². The van der Waals surface area contributed by atoms with Crippen LogP contribution in [0.1, 0.15) is 54.4 Å². The number of phenols is 1. The van der Waals surface area contributed by atoms with Crippen LogP contribution in [0.3, 0.4) is 0 Å². The average Bonchev–Trinajstić information content (AvgIpc) is 2.72. The summed E-state index contributed by atoms with van der Waals surface area (Å²) < 4.78 is 0. The number of carbonyl (C=O) groups is 3. The van der Waals surface area contributed by atoms with Gasteiger partial charge in [0.2, 0.25) is 11.8 Å². The highest BCUT2D eigenvalue weighted by Gasteiger charge is 2.06. The number of rotatable bonds is 11. The number of unbranched alkanes of at least 4 members (excludes halogenated alkanes) is 3. The molecule has 0 unspecified atom stereocenters. The summed E-state index contributed by atoms with van der Waals surface area (Å²) in [6.45, 7) is 0. The monoisotopic (exact) mass is 411 g/mol. The first-order valence-electron chi connectivity index (χ1n) is 9.69. The third-order valence-corrected chi connectivity index (χ3v) is 4.27. The number of nitrogens with one attached hydrogen (secondary N) is 2. The lowest BCUT2D eigenvalue weighted by Crippen LogP contribution is -2.17. The second kappa shape index (κ2) is 12.0. The van der Waals surface area contributed by atoms with Gasteiger partial charge in [-0.05, 0) is 42.7 Å². The molecule has 0 radical (unpaired) electrons. The van der Waals surface area contributed by atoms with Crippen LogP contribution in [-0.4, -0.2) is 34.2 Å². The molecule has 158 valence electrons. The van der Waals surface area contributed by atoms with Crippen molar-refractivity contribution >= 4 is 29.7 Å². The SMILES string of the molecule is O=C(CCCCCCC(=O)Nc1ccccc1O)N/N=C/c1cccc(C(=O)O)c1. The zero-order valence-electron chi connectivity index (χ0n) is 16.5. The molecule has 2 aromatic rings. The summed E-state index contributed by atoms with van der Waals surface area (Å²) in [5.74, 6) is -1.37. The Morgan fingerprint density at radius 2 is 1.60 bits per heavy atom. The van der Waals surface area contributed by atoms with Gasteiger partial charge in [0.25, 0.3) is 0 Å². The molecule has 0 fully saturated rings. The van der Waals surface area contributed by atoms with E-state index in [1.54, 1.807) is 30.3 Å². The molecule has 8 nitrogen and oxygen atoms in total. The van der Waals surface area contributed by atoms with E-state index in [2.05, 4.69) is 15.8 Å². The number of hydrazone groups is 1. The summed E-state index contributed by atoms with van der Waals surface area (Å²) in [6.07, 6.45) is 5.05. The van der Waals surface area contributed by atoms with Crippen molar-refractivity contribution in [3.63, 3.8) is 0 Å². The van der Waals surface area contributed by atoms with Gasteiger partial charge in [0.15, 0.2) is 0 Å². The molecule has 2 amide bonds. The molecule has 0 aromatic heterocycles. The zero-order chi connectivity index (χ0) is 21.8. The number of anilines is 1. The van der Waals surface area contributed by atoms with E-state index < -0.39 is 5.97 Å². The van der Waals surface area contributed by atoms with Crippen molar-refractivity contribution in [2.24, 2.45) is 5.10 Å². The Labute approximate surface area is 174 Å². The number of amides is 2. The quantitative estimate of drug-likeness (QED) is 0.195. The van der Waals surface area contributed by atoms with E-state index >= 15 is 0 Å². The molecular weight excluding hydrogens is 386 g/mol. The largest absolute Gasteiger partial charge is 0.506 e. The Hall–Kier alpha value is -3.68. The Morgan fingerprint density at radius 3 is 2.30 bits per heavy atom. The zero-order valence-corrected chi connectivity index (χ0v) is 16.5. The summed E-state index contributed by atoms with van der Waals surface area (Å²) >= 11 is 0. The first-order chi connectivity index (χ1) is 14.5. The third kappa shape index (κ3) is 8.14. The van der Waals surface area contributed by atoms with Gasteiger partial charge >= 0.3 is 5.97 Å². The molecule has 8 heteroatoms. The Kier molecular flexibility index (Phi) is 9.05. The standard InChI is InChI=1S/C22H25N3O5/c26-19-11-6-5-10-18(19)24-20(27)12-3-1-2-4-13-21(28)25-23-15-16-8-7-9-17(14-16)22(29)30/h5-11,14-15,26H,1-4,12-13H2,(H,24,27)(H,25,28)(H,29,30)/b23-15+. The maximum absolute atomic E-state index is 11.9. The van der Waals surface area contributed by atoms with Gasteiger partial charge in [-0.15, -0.1) is 0 Å². The summed E-state index contributed by atoms with van der Waals surface area (Å²) in [4.78, 5) is 34.6. The summed E-state index contributed by atoms with van der Waals surface area (Å²) in [5, 5.41) is 25.1. The van der Waals surface area contributed by atoms with Crippen LogP contribution in [0.2, 0.25) is 0 Å². The first kappa shape index (κ1) is 22.6. The number of phenolic OH excluding ortho intramolecular Hbond substituents is 1. The lowest BCUT2D eigenvalue weighted by molar-refractivity contribution is -0.121. The normalized spacial score (nSPS) is 10.7. The smallest absolute Gasteiger partial charge is 0.335 e. The molecule has 2 aromatic carbocycles. The number of carboxylic acid groups (broad SMARTS) is 1. The molecule has 0 aliphatic heterocycles. The van der Waals surface area contributed by atoms with Gasteiger partial charge < -0.3 is 15.5 Å². The highest BCUT2D eigenvalue weighted by Crippen LogP contribution is 2.21. The minimum absolute atomic E-state index is 0.0362. The van der Waals surface area contributed by atoms with Crippen molar-refractivity contribution in [2.45, 2.75) is 38.5 Å². The fourth-order valence-electron chi connectivity index (χ4n) is 2.70. The molecular formula is C22H25N3O5. The summed E-state index contributed by atoms with van der Waals surface area (Å²) in [6, 6.07) is 12.8. The number of hydrogen-bond acceptors (Lipinski definition) is 5. The molecule has 0 spiro atoms. The van der Waals surface area contributed by atoms with Gasteiger partial charge in [-0.25, -0.2) is 10.2 Å². The van der Waals surface area contributed by atoms with Crippen LogP contribution >= 0.6 is 0 Å². The van der Waals surface area contributed by atoms with Crippen LogP contribution in [-0.2, 0) is 9.59 Å². The lowest BCUT2D eigenvalue weighted by Gasteiger charge is -2.06. The number of aromatic hydroxyl groups is 1.